The Labute approximate surface area is 138 Å². The summed E-state index contributed by atoms with van der Waals surface area (Å²) in [6, 6.07) is 9.91. The molecule has 1 atom stereocenters. The maximum absolute atomic E-state index is 13.4. The van der Waals surface area contributed by atoms with Gasteiger partial charge in [-0.15, -0.1) is 0 Å². The minimum atomic E-state index is -0.347. The predicted molar refractivity (Wildman–Crippen MR) is 87.9 cm³/mol. The molecule has 3 aromatic rings. The third-order valence-electron chi connectivity index (χ3n) is 4.20. The highest BCUT2D eigenvalue weighted by Crippen LogP contribution is 2.31. The fraction of sp³-hybridized carbons (Fsp3) is 0.167. The number of halogens is 1. The number of hydrogen-bond donors (Lipinski definition) is 1. The van der Waals surface area contributed by atoms with E-state index in [0.29, 0.717) is 18.7 Å². The quantitative estimate of drug-likeness (QED) is 0.806. The molecule has 1 fully saturated rings. The van der Waals surface area contributed by atoms with E-state index in [-0.39, 0.29) is 17.6 Å². The van der Waals surface area contributed by atoms with Crippen molar-refractivity contribution in [2.45, 2.75) is 12.3 Å². The Morgan fingerprint density at radius 2 is 2.12 bits per heavy atom. The Hall–Kier alpha value is -3.02. The average molecular weight is 322 g/mol. The van der Waals surface area contributed by atoms with Gasteiger partial charge in [0.1, 0.15) is 11.6 Å². The van der Waals surface area contributed by atoms with Crippen LogP contribution in [0, 0.1) is 5.82 Å². The van der Waals surface area contributed by atoms with Gasteiger partial charge in [-0.05, 0) is 30.3 Å². The Balaban J connectivity index is 1.56. The molecule has 4 rings (SSSR count). The molecular weight excluding hydrogens is 307 g/mol. The summed E-state index contributed by atoms with van der Waals surface area (Å²) >= 11 is 0. The Kier molecular flexibility index (Phi) is 3.57. The molecule has 0 bridgehead atoms. The first kappa shape index (κ1) is 14.6. The Bertz CT molecular complexity index is 877. The van der Waals surface area contributed by atoms with Crippen LogP contribution in [0.4, 0.5) is 10.1 Å². The average Bonchev–Trinajstić information content (AvgIpc) is 3.22. The molecule has 24 heavy (non-hydrogen) atoms. The summed E-state index contributed by atoms with van der Waals surface area (Å²) in [7, 11) is 0. The van der Waals surface area contributed by atoms with E-state index in [9.17, 15) is 9.18 Å². The minimum Gasteiger partial charge on any atom is -0.342 e. The molecule has 0 spiro atoms. The number of anilines is 1. The number of pyridine rings is 1. The van der Waals surface area contributed by atoms with E-state index >= 15 is 0 Å². The van der Waals surface area contributed by atoms with Gasteiger partial charge in [0.05, 0.1) is 11.9 Å². The van der Waals surface area contributed by atoms with Crippen LogP contribution in [0.1, 0.15) is 18.2 Å². The molecule has 1 unspecified atom stereocenters. The summed E-state index contributed by atoms with van der Waals surface area (Å²) in [6.45, 7) is 0.488. The third-order valence-corrected chi connectivity index (χ3v) is 4.20. The molecule has 2 aromatic heterocycles. The summed E-state index contributed by atoms with van der Waals surface area (Å²) in [5, 5.41) is 0. The van der Waals surface area contributed by atoms with Gasteiger partial charge in [-0.3, -0.25) is 9.78 Å². The van der Waals surface area contributed by atoms with Crippen LogP contribution >= 0.6 is 0 Å². The second kappa shape index (κ2) is 5.88. The molecule has 3 heterocycles. The van der Waals surface area contributed by atoms with Crippen molar-refractivity contribution in [2.75, 3.05) is 11.4 Å². The number of nitrogens with zero attached hydrogens (tertiary/aromatic N) is 3. The topological polar surface area (TPSA) is 61.9 Å². The van der Waals surface area contributed by atoms with Gasteiger partial charge in [0.25, 0.3) is 0 Å². The first-order chi connectivity index (χ1) is 11.7. The monoisotopic (exact) mass is 322 g/mol. The van der Waals surface area contributed by atoms with E-state index in [0.717, 1.165) is 17.1 Å². The van der Waals surface area contributed by atoms with E-state index < -0.39 is 0 Å². The van der Waals surface area contributed by atoms with Gasteiger partial charge in [-0.2, -0.15) is 0 Å². The van der Waals surface area contributed by atoms with Crippen LogP contribution in [-0.4, -0.2) is 27.4 Å². The van der Waals surface area contributed by atoms with E-state index in [2.05, 4.69) is 15.0 Å². The summed E-state index contributed by atoms with van der Waals surface area (Å²) < 4.78 is 13.4. The van der Waals surface area contributed by atoms with Crippen molar-refractivity contribution >= 4 is 11.6 Å². The van der Waals surface area contributed by atoms with Crippen LogP contribution in [0.2, 0.25) is 0 Å². The minimum absolute atomic E-state index is 0.0232. The molecule has 0 radical (unpaired) electrons. The lowest BCUT2D eigenvalue weighted by Gasteiger charge is -2.16. The maximum Gasteiger partial charge on any atom is 0.227 e. The molecular formula is C18H15FN4O. The molecule has 1 saturated heterocycles. The van der Waals surface area contributed by atoms with Crippen molar-refractivity contribution in [3.63, 3.8) is 0 Å². The number of benzene rings is 1. The van der Waals surface area contributed by atoms with Crippen LogP contribution in [0.15, 0.2) is 55.0 Å². The molecule has 1 amide bonds. The molecule has 1 aromatic carbocycles. The summed E-state index contributed by atoms with van der Waals surface area (Å²) in [4.78, 5) is 25.7. The normalized spacial score (nSPS) is 17.5. The fourth-order valence-electron chi connectivity index (χ4n) is 3.00. The predicted octanol–water partition coefficient (Wildman–Crippen LogP) is 3.13. The van der Waals surface area contributed by atoms with E-state index in [1.807, 2.05) is 12.1 Å². The van der Waals surface area contributed by atoms with Gasteiger partial charge in [-0.1, -0.05) is 6.07 Å². The lowest BCUT2D eigenvalue weighted by Crippen LogP contribution is -2.24. The summed E-state index contributed by atoms with van der Waals surface area (Å²) in [5.41, 5.74) is 2.40. The fourth-order valence-corrected chi connectivity index (χ4v) is 3.00. The number of imidazole rings is 1. The van der Waals surface area contributed by atoms with Crippen molar-refractivity contribution in [3.05, 3.63) is 66.6 Å². The number of amides is 1. The molecule has 5 nitrogen and oxygen atoms in total. The number of hydrogen-bond acceptors (Lipinski definition) is 3. The number of carbonyl (C=O) groups excluding carboxylic acids is 1. The molecule has 0 saturated carbocycles. The largest absolute Gasteiger partial charge is 0.342 e. The first-order valence-electron chi connectivity index (χ1n) is 7.72. The maximum atomic E-state index is 13.4. The standard InChI is InChI=1S/C18H15FN4O/c19-14-4-1-5-15(8-14)23-11-13(7-17(23)24)18-21-10-16(22-18)12-3-2-6-20-9-12/h1-6,8-10,13H,7,11H2,(H,21,22). The Morgan fingerprint density at radius 3 is 2.92 bits per heavy atom. The summed E-state index contributed by atoms with van der Waals surface area (Å²) in [6.07, 6.45) is 5.58. The number of carbonyl (C=O) groups is 1. The number of aromatic nitrogens is 3. The van der Waals surface area contributed by atoms with Crippen LogP contribution in [0.3, 0.4) is 0 Å². The SMILES string of the molecule is O=C1CC(c2ncc(-c3cccnc3)[nH]2)CN1c1cccc(F)c1. The van der Waals surface area contributed by atoms with Crippen molar-refractivity contribution in [1.29, 1.82) is 0 Å². The van der Waals surface area contributed by atoms with Gasteiger partial charge >= 0.3 is 0 Å². The Morgan fingerprint density at radius 1 is 1.21 bits per heavy atom. The van der Waals surface area contributed by atoms with Gasteiger partial charge in [0.2, 0.25) is 5.91 Å². The smallest absolute Gasteiger partial charge is 0.227 e. The number of rotatable bonds is 3. The van der Waals surface area contributed by atoms with Gasteiger partial charge in [-0.25, -0.2) is 9.37 Å². The highest BCUT2D eigenvalue weighted by Gasteiger charge is 2.33. The zero-order valence-electron chi connectivity index (χ0n) is 12.8. The van der Waals surface area contributed by atoms with E-state index in [1.165, 1.54) is 12.1 Å². The van der Waals surface area contributed by atoms with Gasteiger partial charge < -0.3 is 9.88 Å². The molecule has 1 N–H and O–H groups in total. The van der Waals surface area contributed by atoms with Crippen molar-refractivity contribution in [2.24, 2.45) is 0 Å². The highest BCUT2D eigenvalue weighted by atomic mass is 19.1. The van der Waals surface area contributed by atoms with Crippen LogP contribution < -0.4 is 4.90 Å². The number of aromatic amines is 1. The van der Waals surface area contributed by atoms with Crippen molar-refractivity contribution < 1.29 is 9.18 Å². The summed E-state index contributed by atoms with van der Waals surface area (Å²) in [5.74, 6) is 0.359. The second-order valence-corrected chi connectivity index (χ2v) is 5.81. The highest BCUT2D eigenvalue weighted by molar-refractivity contribution is 5.96. The van der Waals surface area contributed by atoms with Gasteiger partial charge in [0, 0.05) is 42.5 Å². The van der Waals surface area contributed by atoms with Crippen LogP contribution in [0.25, 0.3) is 11.3 Å². The van der Waals surface area contributed by atoms with Crippen molar-refractivity contribution in [1.82, 2.24) is 15.0 Å². The lowest BCUT2D eigenvalue weighted by atomic mass is 10.1. The number of nitrogens with one attached hydrogen (secondary N) is 1. The number of H-pyrrole nitrogens is 1. The molecule has 120 valence electrons. The van der Waals surface area contributed by atoms with Crippen molar-refractivity contribution in [3.8, 4) is 11.3 Å². The molecule has 6 heteroatoms. The zero-order chi connectivity index (χ0) is 16.5. The molecule has 0 aliphatic carbocycles. The lowest BCUT2D eigenvalue weighted by molar-refractivity contribution is -0.117. The van der Waals surface area contributed by atoms with Crippen LogP contribution in [-0.2, 0) is 4.79 Å². The molecule has 1 aliphatic heterocycles. The third kappa shape index (κ3) is 2.67. The van der Waals surface area contributed by atoms with E-state index in [1.54, 1.807) is 35.6 Å². The zero-order valence-corrected chi connectivity index (χ0v) is 12.8. The van der Waals surface area contributed by atoms with Gasteiger partial charge in [0.15, 0.2) is 0 Å². The molecule has 1 aliphatic rings. The van der Waals surface area contributed by atoms with Crippen LogP contribution in [0.5, 0.6) is 0 Å². The first-order valence-corrected chi connectivity index (χ1v) is 7.72. The second-order valence-electron chi connectivity index (χ2n) is 5.81. The van der Waals surface area contributed by atoms with E-state index in [4.69, 9.17) is 0 Å².